The van der Waals surface area contributed by atoms with Crippen molar-refractivity contribution in [2.75, 3.05) is 18.8 Å². The minimum Gasteiger partial charge on any atom is -0.316 e. The number of nitrogens with zero attached hydrogens (tertiary/aromatic N) is 1. The van der Waals surface area contributed by atoms with Crippen molar-refractivity contribution in [3.8, 4) is 0 Å². The Bertz CT molecular complexity index is 490. The van der Waals surface area contributed by atoms with Crippen LogP contribution in [0.2, 0.25) is 0 Å². The summed E-state index contributed by atoms with van der Waals surface area (Å²) in [6, 6.07) is 4.97. The molecule has 1 aromatic heterocycles. The number of sulfone groups is 1. The molecule has 0 aliphatic carbocycles. The highest BCUT2D eigenvalue weighted by molar-refractivity contribution is 9.10. The number of nitrogens with one attached hydrogen (secondary N) is 1. The van der Waals surface area contributed by atoms with Crippen LogP contribution in [0.3, 0.4) is 0 Å². The van der Waals surface area contributed by atoms with E-state index in [4.69, 9.17) is 0 Å². The number of hydrogen-bond donors (Lipinski definition) is 1. The summed E-state index contributed by atoms with van der Waals surface area (Å²) in [6.45, 7) is 1.78. The molecule has 2 rings (SSSR count). The third-order valence-corrected chi connectivity index (χ3v) is 5.08. The third kappa shape index (κ3) is 4.19. The van der Waals surface area contributed by atoms with Crippen LogP contribution in [-0.4, -0.2) is 32.2 Å². The summed E-state index contributed by atoms with van der Waals surface area (Å²) in [6.07, 6.45) is 2.02. The zero-order valence-corrected chi connectivity index (χ0v) is 13.0. The molecule has 1 aliphatic rings. The van der Waals surface area contributed by atoms with E-state index in [1.807, 2.05) is 0 Å². The fourth-order valence-electron chi connectivity index (χ4n) is 2.02. The maximum Gasteiger partial charge on any atom is 0.195 e. The molecule has 0 spiro atoms. The molecule has 0 aromatic carbocycles. The molecular formula is C11H16BrClN2O2S. The number of halogens is 2. The van der Waals surface area contributed by atoms with Gasteiger partial charge in [-0.2, -0.15) is 0 Å². The molecule has 4 nitrogen and oxygen atoms in total. The Kier molecular flexibility index (Phi) is 6.04. The average molecular weight is 356 g/mol. The SMILES string of the molecule is Cl.O=S(=O)(CC1CCCNC1)c1cccc(Br)n1. The van der Waals surface area contributed by atoms with E-state index in [1.54, 1.807) is 18.2 Å². The molecule has 1 fully saturated rings. The van der Waals surface area contributed by atoms with Gasteiger partial charge in [0.05, 0.1) is 5.75 Å². The summed E-state index contributed by atoms with van der Waals surface area (Å²) in [5.74, 6) is 0.387. The molecule has 1 N–H and O–H groups in total. The smallest absolute Gasteiger partial charge is 0.195 e. The van der Waals surface area contributed by atoms with E-state index in [-0.39, 0.29) is 29.1 Å². The molecule has 0 bridgehead atoms. The molecule has 1 atom stereocenters. The largest absolute Gasteiger partial charge is 0.316 e. The molecule has 0 amide bonds. The van der Waals surface area contributed by atoms with Gasteiger partial charge < -0.3 is 5.32 Å². The fourth-order valence-corrected chi connectivity index (χ4v) is 4.09. The highest BCUT2D eigenvalue weighted by Gasteiger charge is 2.23. The van der Waals surface area contributed by atoms with Crippen molar-refractivity contribution in [2.24, 2.45) is 5.92 Å². The van der Waals surface area contributed by atoms with Crippen LogP contribution < -0.4 is 5.32 Å². The first kappa shape index (κ1) is 15.9. The van der Waals surface area contributed by atoms with E-state index in [0.29, 0.717) is 4.60 Å². The Labute approximate surface area is 122 Å². The second-order valence-corrected chi connectivity index (χ2v) is 7.09. The molecule has 0 saturated carbocycles. The second-order valence-electron chi connectivity index (χ2n) is 4.29. The first-order valence-corrected chi connectivity index (χ1v) is 8.08. The minimum atomic E-state index is -3.26. The third-order valence-electron chi connectivity index (χ3n) is 2.86. The van der Waals surface area contributed by atoms with Crippen LogP contribution in [0.4, 0.5) is 0 Å². The summed E-state index contributed by atoms with van der Waals surface area (Å²) >= 11 is 3.19. The summed E-state index contributed by atoms with van der Waals surface area (Å²) in [4.78, 5) is 4.02. The van der Waals surface area contributed by atoms with Gasteiger partial charge in [-0.15, -0.1) is 12.4 Å². The second kappa shape index (κ2) is 6.84. The van der Waals surface area contributed by atoms with Gasteiger partial charge in [-0.05, 0) is 59.9 Å². The molecule has 7 heteroatoms. The van der Waals surface area contributed by atoms with Crippen molar-refractivity contribution in [1.29, 1.82) is 0 Å². The van der Waals surface area contributed by atoms with Crippen LogP contribution in [0.25, 0.3) is 0 Å². The number of hydrogen-bond acceptors (Lipinski definition) is 4. The Morgan fingerprint density at radius 2 is 2.22 bits per heavy atom. The lowest BCUT2D eigenvalue weighted by atomic mass is 10.0. The Balaban J connectivity index is 0.00000162. The Hall–Kier alpha value is -0.170. The van der Waals surface area contributed by atoms with E-state index in [1.165, 1.54) is 0 Å². The first-order chi connectivity index (χ1) is 8.08. The Morgan fingerprint density at radius 1 is 1.44 bits per heavy atom. The average Bonchev–Trinajstić information content (AvgIpc) is 2.30. The van der Waals surface area contributed by atoms with Gasteiger partial charge in [-0.1, -0.05) is 6.07 Å². The minimum absolute atomic E-state index is 0. The number of pyridine rings is 1. The molecule has 0 radical (unpaired) electrons. The maximum atomic E-state index is 12.1. The fraction of sp³-hybridized carbons (Fsp3) is 0.545. The van der Waals surface area contributed by atoms with Gasteiger partial charge in [0.1, 0.15) is 4.60 Å². The quantitative estimate of drug-likeness (QED) is 0.843. The summed E-state index contributed by atoms with van der Waals surface area (Å²) in [5.41, 5.74) is 0. The molecule has 102 valence electrons. The lowest BCUT2D eigenvalue weighted by Gasteiger charge is -2.22. The Morgan fingerprint density at radius 3 is 2.83 bits per heavy atom. The van der Waals surface area contributed by atoms with E-state index < -0.39 is 9.84 Å². The predicted octanol–water partition coefficient (Wildman–Crippen LogP) is 2.04. The summed E-state index contributed by atoms with van der Waals surface area (Å²) in [7, 11) is -3.26. The first-order valence-electron chi connectivity index (χ1n) is 5.64. The van der Waals surface area contributed by atoms with E-state index >= 15 is 0 Å². The number of aromatic nitrogens is 1. The zero-order valence-electron chi connectivity index (χ0n) is 9.80. The van der Waals surface area contributed by atoms with Crippen molar-refractivity contribution in [3.63, 3.8) is 0 Å². The summed E-state index contributed by atoms with van der Waals surface area (Å²) < 4.78 is 24.8. The van der Waals surface area contributed by atoms with Crippen LogP contribution in [0, 0.1) is 5.92 Å². The highest BCUT2D eigenvalue weighted by atomic mass is 79.9. The van der Waals surface area contributed by atoms with E-state index in [2.05, 4.69) is 26.2 Å². The lowest BCUT2D eigenvalue weighted by molar-refractivity contribution is 0.403. The number of piperidine rings is 1. The van der Waals surface area contributed by atoms with Crippen LogP contribution >= 0.6 is 28.3 Å². The standard InChI is InChI=1S/C11H15BrN2O2S.ClH/c12-10-4-1-5-11(14-10)17(15,16)8-9-3-2-6-13-7-9;/h1,4-5,9,13H,2-3,6-8H2;1H. The monoisotopic (exact) mass is 354 g/mol. The van der Waals surface area contributed by atoms with Crippen LogP contribution in [0.1, 0.15) is 12.8 Å². The van der Waals surface area contributed by atoms with Gasteiger partial charge in [-0.25, -0.2) is 13.4 Å². The van der Waals surface area contributed by atoms with Crippen molar-refractivity contribution in [1.82, 2.24) is 10.3 Å². The van der Waals surface area contributed by atoms with Gasteiger partial charge in [0.2, 0.25) is 0 Å². The van der Waals surface area contributed by atoms with Gasteiger partial charge in [0.15, 0.2) is 14.9 Å². The predicted molar refractivity (Wildman–Crippen MR) is 76.8 cm³/mol. The molecule has 1 aromatic rings. The molecular weight excluding hydrogens is 340 g/mol. The van der Waals surface area contributed by atoms with E-state index in [0.717, 1.165) is 25.9 Å². The summed E-state index contributed by atoms with van der Waals surface area (Å²) in [5, 5.41) is 3.39. The molecule has 1 unspecified atom stereocenters. The van der Waals surface area contributed by atoms with Crippen molar-refractivity contribution in [3.05, 3.63) is 22.8 Å². The van der Waals surface area contributed by atoms with Gasteiger partial charge in [0, 0.05) is 0 Å². The van der Waals surface area contributed by atoms with Crippen molar-refractivity contribution >= 4 is 38.2 Å². The molecule has 2 heterocycles. The highest BCUT2D eigenvalue weighted by Crippen LogP contribution is 2.18. The van der Waals surface area contributed by atoms with Gasteiger partial charge in [0.25, 0.3) is 0 Å². The molecule has 18 heavy (non-hydrogen) atoms. The van der Waals surface area contributed by atoms with E-state index in [9.17, 15) is 8.42 Å². The van der Waals surface area contributed by atoms with Crippen molar-refractivity contribution < 1.29 is 8.42 Å². The van der Waals surface area contributed by atoms with Crippen LogP contribution in [0.15, 0.2) is 27.8 Å². The van der Waals surface area contributed by atoms with Gasteiger partial charge in [-0.3, -0.25) is 0 Å². The maximum absolute atomic E-state index is 12.1. The normalized spacial score (nSPS) is 20.2. The van der Waals surface area contributed by atoms with Crippen LogP contribution in [0.5, 0.6) is 0 Å². The number of rotatable bonds is 3. The lowest BCUT2D eigenvalue weighted by Crippen LogP contribution is -2.33. The van der Waals surface area contributed by atoms with Crippen molar-refractivity contribution in [2.45, 2.75) is 17.9 Å². The topological polar surface area (TPSA) is 59.1 Å². The zero-order chi connectivity index (χ0) is 12.3. The molecule has 1 aliphatic heterocycles. The molecule has 1 saturated heterocycles. The van der Waals surface area contributed by atoms with Crippen LogP contribution in [-0.2, 0) is 9.84 Å². The van der Waals surface area contributed by atoms with Gasteiger partial charge >= 0.3 is 0 Å².